The lowest BCUT2D eigenvalue weighted by molar-refractivity contribution is -0.136. The summed E-state index contributed by atoms with van der Waals surface area (Å²) in [4.78, 5) is 47.5. The van der Waals surface area contributed by atoms with Crippen LogP contribution in [0.5, 0.6) is 0 Å². The number of pyridine rings is 1. The predicted octanol–water partition coefficient (Wildman–Crippen LogP) is 3.58. The van der Waals surface area contributed by atoms with Crippen LogP contribution in [0.1, 0.15) is 28.8 Å². The Morgan fingerprint density at radius 2 is 1.78 bits per heavy atom. The van der Waals surface area contributed by atoms with Gasteiger partial charge in [-0.1, -0.05) is 30.3 Å². The second-order valence-electron chi connectivity index (χ2n) is 9.15. The third kappa shape index (κ3) is 3.67. The van der Waals surface area contributed by atoms with Gasteiger partial charge >= 0.3 is 0 Å². The van der Waals surface area contributed by atoms with E-state index in [1.54, 1.807) is 17.4 Å². The molecule has 8 heteroatoms. The first-order valence-electron chi connectivity index (χ1n) is 11.8. The number of fused-ring (bicyclic) bond motifs is 1. The van der Waals surface area contributed by atoms with E-state index in [0.29, 0.717) is 18.5 Å². The average Bonchev–Trinajstić information content (AvgIpc) is 3.44. The molecule has 0 bridgehead atoms. The molecule has 0 spiro atoms. The van der Waals surface area contributed by atoms with E-state index in [1.165, 1.54) is 0 Å². The zero-order valence-electron chi connectivity index (χ0n) is 19.6. The van der Waals surface area contributed by atoms with E-state index >= 15 is 0 Å². The van der Waals surface area contributed by atoms with Gasteiger partial charge in [0.15, 0.2) is 0 Å². The maximum absolute atomic E-state index is 13.1. The number of hydrogen-bond donors (Lipinski definition) is 1. The summed E-state index contributed by atoms with van der Waals surface area (Å²) in [7, 11) is 1.96. The molecule has 4 heterocycles. The van der Waals surface area contributed by atoms with E-state index in [9.17, 15) is 14.4 Å². The Kier molecular flexibility index (Phi) is 5.21. The van der Waals surface area contributed by atoms with Crippen LogP contribution in [0, 0.1) is 0 Å². The third-order valence-corrected chi connectivity index (χ3v) is 6.86. The smallest absolute Gasteiger partial charge is 0.255 e. The van der Waals surface area contributed by atoms with Gasteiger partial charge in [-0.05, 0) is 41.8 Å². The van der Waals surface area contributed by atoms with Crippen molar-refractivity contribution in [1.29, 1.82) is 0 Å². The summed E-state index contributed by atoms with van der Waals surface area (Å²) in [6, 6.07) is 17.3. The van der Waals surface area contributed by atoms with Gasteiger partial charge in [0, 0.05) is 54.7 Å². The lowest BCUT2D eigenvalue weighted by Gasteiger charge is -2.29. The summed E-state index contributed by atoms with van der Waals surface area (Å²) in [5.41, 5.74) is 7.23. The van der Waals surface area contributed by atoms with E-state index in [-0.39, 0.29) is 18.2 Å². The fourth-order valence-corrected chi connectivity index (χ4v) is 5.08. The number of imide groups is 1. The Labute approximate surface area is 207 Å². The quantitative estimate of drug-likeness (QED) is 0.453. The zero-order valence-corrected chi connectivity index (χ0v) is 19.6. The van der Waals surface area contributed by atoms with Gasteiger partial charge in [0.2, 0.25) is 11.8 Å². The number of carbonyl (C=O) groups excluding carboxylic acids is 3. The van der Waals surface area contributed by atoms with Gasteiger partial charge in [-0.15, -0.1) is 0 Å². The molecule has 1 fully saturated rings. The van der Waals surface area contributed by atoms with Gasteiger partial charge in [-0.2, -0.15) is 0 Å². The highest BCUT2D eigenvalue weighted by Gasteiger charge is 2.39. The molecule has 36 heavy (non-hydrogen) atoms. The van der Waals surface area contributed by atoms with E-state index in [4.69, 9.17) is 0 Å². The molecular weight excluding hydrogens is 454 g/mol. The minimum atomic E-state index is -0.633. The fraction of sp³-hybridized carbons (Fsp3) is 0.179. The molecule has 3 amide bonds. The van der Waals surface area contributed by atoms with Crippen molar-refractivity contribution in [3.8, 4) is 33.6 Å². The number of aryl methyl sites for hydroxylation is 1. The number of nitrogens with zero attached hydrogens (tertiary/aromatic N) is 4. The molecule has 0 radical (unpaired) electrons. The summed E-state index contributed by atoms with van der Waals surface area (Å²) in [6.07, 6.45) is 5.96. The molecule has 8 nitrogen and oxygen atoms in total. The second-order valence-corrected chi connectivity index (χ2v) is 9.15. The predicted molar refractivity (Wildman–Crippen MR) is 133 cm³/mol. The van der Waals surface area contributed by atoms with Crippen LogP contribution in [-0.4, -0.2) is 43.2 Å². The Morgan fingerprint density at radius 3 is 2.58 bits per heavy atom. The Bertz CT molecular complexity index is 1530. The summed E-state index contributed by atoms with van der Waals surface area (Å²) in [5.74, 6) is -0.887. The largest absolute Gasteiger partial charge is 0.333 e. The van der Waals surface area contributed by atoms with Crippen LogP contribution in [-0.2, 0) is 23.2 Å². The first kappa shape index (κ1) is 21.9. The molecule has 2 aromatic heterocycles. The van der Waals surface area contributed by atoms with Crippen molar-refractivity contribution in [2.45, 2.75) is 25.4 Å². The normalized spacial score (nSPS) is 17.3. The fourth-order valence-electron chi connectivity index (χ4n) is 5.08. The number of hydrogen-bond acceptors (Lipinski definition) is 5. The Hall–Kier alpha value is -4.59. The first-order chi connectivity index (χ1) is 17.5. The lowest BCUT2D eigenvalue weighted by atomic mass is 9.98. The van der Waals surface area contributed by atoms with Crippen LogP contribution in [0.2, 0.25) is 0 Å². The van der Waals surface area contributed by atoms with Crippen molar-refractivity contribution in [3.63, 3.8) is 0 Å². The minimum Gasteiger partial charge on any atom is -0.333 e. The highest BCUT2D eigenvalue weighted by atomic mass is 16.2. The second kappa shape index (κ2) is 8.57. The summed E-state index contributed by atoms with van der Waals surface area (Å²) < 4.78 is 1.99. The molecule has 1 N–H and O–H groups in total. The topological polar surface area (TPSA) is 97.2 Å². The van der Waals surface area contributed by atoms with Crippen molar-refractivity contribution < 1.29 is 14.4 Å². The Morgan fingerprint density at radius 1 is 0.944 bits per heavy atom. The van der Waals surface area contributed by atoms with Crippen LogP contribution in [0.15, 0.2) is 73.3 Å². The summed E-state index contributed by atoms with van der Waals surface area (Å²) in [6.45, 7) is 0.326. The standard InChI is InChI=1S/C28H23N5O3/c1-32-16-30-25(26(32)19-5-2-4-17(12-19)20-6-3-11-29-14-20)18-7-8-22-21(13-18)15-33(28(22)36)23-9-10-24(34)31-27(23)35/h2-8,11-14,16,23H,9-10,15H2,1H3,(H,31,34,35). The van der Waals surface area contributed by atoms with E-state index in [0.717, 1.165) is 39.2 Å². The van der Waals surface area contributed by atoms with Crippen molar-refractivity contribution in [2.75, 3.05) is 0 Å². The minimum absolute atomic E-state index is 0.184. The first-order valence-corrected chi connectivity index (χ1v) is 11.8. The van der Waals surface area contributed by atoms with Crippen molar-refractivity contribution >= 4 is 17.7 Å². The van der Waals surface area contributed by atoms with Crippen molar-refractivity contribution in [1.82, 2.24) is 24.8 Å². The number of carbonyl (C=O) groups is 3. The van der Waals surface area contributed by atoms with E-state index in [1.807, 2.05) is 54.2 Å². The number of rotatable bonds is 4. The molecule has 1 unspecified atom stereocenters. The van der Waals surface area contributed by atoms with Gasteiger partial charge in [0.25, 0.3) is 5.91 Å². The van der Waals surface area contributed by atoms with Crippen LogP contribution < -0.4 is 5.32 Å². The molecule has 4 aromatic rings. The number of benzene rings is 2. The maximum Gasteiger partial charge on any atom is 0.255 e. The third-order valence-electron chi connectivity index (χ3n) is 6.86. The Balaban J connectivity index is 1.34. The average molecular weight is 478 g/mol. The molecule has 1 atom stereocenters. The van der Waals surface area contributed by atoms with Crippen LogP contribution in [0.4, 0.5) is 0 Å². The molecule has 2 aliphatic rings. The van der Waals surface area contributed by atoms with Gasteiger partial charge in [-0.25, -0.2) is 4.98 Å². The maximum atomic E-state index is 13.1. The van der Waals surface area contributed by atoms with Crippen LogP contribution >= 0.6 is 0 Å². The molecule has 0 saturated carbocycles. The molecule has 6 rings (SSSR count). The molecule has 178 valence electrons. The number of piperidine rings is 1. The molecular formula is C28H23N5O3. The van der Waals surface area contributed by atoms with Crippen molar-refractivity contribution in [3.05, 3.63) is 84.4 Å². The number of nitrogens with one attached hydrogen (secondary N) is 1. The number of aromatic nitrogens is 3. The number of imidazole rings is 1. The molecule has 0 aliphatic carbocycles. The molecule has 2 aliphatic heterocycles. The van der Waals surface area contributed by atoms with Crippen LogP contribution in [0.25, 0.3) is 33.6 Å². The van der Waals surface area contributed by atoms with Crippen molar-refractivity contribution in [2.24, 2.45) is 7.05 Å². The van der Waals surface area contributed by atoms with Crippen LogP contribution in [0.3, 0.4) is 0 Å². The monoisotopic (exact) mass is 477 g/mol. The van der Waals surface area contributed by atoms with Gasteiger partial charge in [0.05, 0.1) is 17.7 Å². The van der Waals surface area contributed by atoms with Gasteiger partial charge < -0.3 is 9.47 Å². The molecule has 2 aromatic carbocycles. The lowest BCUT2D eigenvalue weighted by Crippen LogP contribution is -2.52. The van der Waals surface area contributed by atoms with Gasteiger partial charge in [0.1, 0.15) is 6.04 Å². The van der Waals surface area contributed by atoms with Gasteiger partial charge in [-0.3, -0.25) is 24.7 Å². The molecule has 1 saturated heterocycles. The highest BCUT2D eigenvalue weighted by Crippen LogP contribution is 2.36. The highest BCUT2D eigenvalue weighted by molar-refractivity contribution is 6.05. The number of amides is 3. The van der Waals surface area contributed by atoms with E-state index < -0.39 is 11.9 Å². The zero-order chi connectivity index (χ0) is 24.8. The van der Waals surface area contributed by atoms with E-state index in [2.05, 4.69) is 33.5 Å². The SMILES string of the molecule is Cn1cnc(-c2ccc3c(c2)CN(C2CCC(=O)NC2=O)C3=O)c1-c1cccc(-c2cccnc2)c1. The summed E-state index contributed by atoms with van der Waals surface area (Å²) in [5, 5.41) is 2.35. The summed E-state index contributed by atoms with van der Waals surface area (Å²) >= 11 is 0.